The Hall–Kier alpha value is -1.48. The Labute approximate surface area is 134 Å². The molecule has 9 heteroatoms. The predicted molar refractivity (Wildman–Crippen MR) is 85.5 cm³/mol. The van der Waals surface area contributed by atoms with Crippen LogP contribution in [0.25, 0.3) is 5.69 Å². The Morgan fingerprint density at radius 1 is 1.32 bits per heavy atom. The van der Waals surface area contributed by atoms with Crippen LogP contribution < -0.4 is 4.72 Å². The van der Waals surface area contributed by atoms with Crippen molar-refractivity contribution in [3.63, 3.8) is 0 Å². The summed E-state index contributed by atoms with van der Waals surface area (Å²) >= 11 is 5.85. The van der Waals surface area contributed by atoms with Crippen LogP contribution in [-0.4, -0.2) is 54.7 Å². The first-order chi connectivity index (χ1) is 10.3. The molecular weight excluding hydrogens is 326 g/mol. The molecule has 120 valence electrons. The zero-order chi connectivity index (χ0) is 16.2. The number of rotatable bonds is 7. The molecule has 0 fully saturated rings. The van der Waals surface area contributed by atoms with Crippen LogP contribution >= 0.6 is 11.6 Å². The lowest BCUT2D eigenvalue weighted by Gasteiger charge is -2.14. The molecule has 0 amide bonds. The summed E-state index contributed by atoms with van der Waals surface area (Å²) in [5, 5.41) is 8.85. The smallest absolute Gasteiger partial charge is 0.208 e. The van der Waals surface area contributed by atoms with Gasteiger partial charge in [0.05, 0.1) is 23.8 Å². The van der Waals surface area contributed by atoms with Crippen molar-refractivity contribution in [1.29, 1.82) is 0 Å². The maximum atomic E-state index is 11.0. The molecule has 0 bridgehead atoms. The lowest BCUT2D eigenvalue weighted by atomic mass is 10.3. The van der Waals surface area contributed by atoms with Gasteiger partial charge in [0.2, 0.25) is 10.0 Å². The number of benzene rings is 1. The summed E-state index contributed by atoms with van der Waals surface area (Å²) in [6.07, 6.45) is 2.98. The molecule has 0 aliphatic carbocycles. The maximum absolute atomic E-state index is 11.0. The quantitative estimate of drug-likeness (QED) is 0.808. The molecule has 1 N–H and O–H groups in total. The highest BCUT2D eigenvalue weighted by Crippen LogP contribution is 2.12. The molecular formula is C13H18ClN5O2S. The first kappa shape index (κ1) is 16.9. The molecule has 0 aliphatic heterocycles. The maximum Gasteiger partial charge on any atom is 0.208 e. The van der Waals surface area contributed by atoms with E-state index < -0.39 is 10.0 Å². The summed E-state index contributed by atoms with van der Waals surface area (Å²) in [6.45, 7) is 1.53. The topological polar surface area (TPSA) is 80.1 Å². The lowest BCUT2D eigenvalue weighted by molar-refractivity contribution is 0.328. The fourth-order valence-corrected chi connectivity index (χ4v) is 2.46. The van der Waals surface area contributed by atoms with Crippen LogP contribution in [0.15, 0.2) is 30.5 Å². The standard InChI is InChI=1S/C13H18ClN5O2S/c1-18(8-7-15-22(2,20)21)9-12-10-19(17-16-12)13-5-3-11(14)4-6-13/h3-6,10,15H,7-9H2,1-2H3. The van der Waals surface area contributed by atoms with E-state index in [-0.39, 0.29) is 0 Å². The minimum Gasteiger partial charge on any atom is -0.299 e. The van der Waals surface area contributed by atoms with Gasteiger partial charge in [0, 0.05) is 24.7 Å². The van der Waals surface area contributed by atoms with Gasteiger partial charge in [-0.05, 0) is 31.3 Å². The van der Waals surface area contributed by atoms with Gasteiger partial charge in [-0.25, -0.2) is 17.8 Å². The average Bonchev–Trinajstić information content (AvgIpc) is 2.86. The van der Waals surface area contributed by atoms with Crippen LogP contribution in [0.4, 0.5) is 0 Å². The van der Waals surface area contributed by atoms with E-state index in [1.54, 1.807) is 16.8 Å². The molecule has 0 radical (unpaired) electrons. The van der Waals surface area contributed by atoms with E-state index in [1.165, 1.54) is 0 Å². The van der Waals surface area contributed by atoms with Gasteiger partial charge in [0.15, 0.2) is 0 Å². The molecule has 0 unspecified atom stereocenters. The second-order valence-electron chi connectivity index (χ2n) is 5.04. The number of hydrogen-bond donors (Lipinski definition) is 1. The number of hydrogen-bond acceptors (Lipinski definition) is 5. The van der Waals surface area contributed by atoms with Gasteiger partial charge in [-0.15, -0.1) is 5.10 Å². The van der Waals surface area contributed by atoms with Crippen molar-refractivity contribution in [3.8, 4) is 5.69 Å². The summed E-state index contributed by atoms with van der Waals surface area (Å²) in [4.78, 5) is 1.97. The normalized spacial score (nSPS) is 12.0. The van der Waals surface area contributed by atoms with Gasteiger partial charge in [-0.2, -0.15) is 0 Å². The fraction of sp³-hybridized carbons (Fsp3) is 0.385. The third-order valence-corrected chi connectivity index (χ3v) is 3.90. The van der Waals surface area contributed by atoms with Crippen molar-refractivity contribution in [2.24, 2.45) is 0 Å². The summed E-state index contributed by atoms with van der Waals surface area (Å²) in [5.74, 6) is 0. The van der Waals surface area contributed by atoms with Gasteiger partial charge in [-0.3, -0.25) is 4.90 Å². The summed E-state index contributed by atoms with van der Waals surface area (Å²) in [6, 6.07) is 7.31. The van der Waals surface area contributed by atoms with Crippen molar-refractivity contribution < 1.29 is 8.42 Å². The molecule has 0 saturated carbocycles. The van der Waals surface area contributed by atoms with E-state index in [0.717, 1.165) is 17.6 Å². The summed E-state index contributed by atoms with van der Waals surface area (Å²) in [5.41, 5.74) is 1.68. The second kappa shape index (κ2) is 7.19. The Morgan fingerprint density at radius 3 is 2.64 bits per heavy atom. The number of halogens is 1. The molecule has 1 aromatic heterocycles. The molecule has 1 aromatic carbocycles. The van der Waals surface area contributed by atoms with Crippen LogP contribution in [0.2, 0.25) is 5.02 Å². The Balaban J connectivity index is 1.90. The van der Waals surface area contributed by atoms with Crippen molar-refractivity contribution in [2.45, 2.75) is 6.54 Å². The first-order valence-corrected chi connectivity index (χ1v) is 8.91. The zero-order valence-electron chi connectivity index (χ0n) is 12.4. The molecule has 0 spiro atoms. The van der Waals surface area contributed by atoms with Crippen LogP contribution in [0, 0.1) is 0 Å². The number of sulfonamides is 1. The number of aromatic nitrogens is 3. The van der Waals surface area contributed by atoms with E-state index in [2.05, 4.69) is 15.0 Å². The number of likely N-dealkylation sites (N-methyl/N-ethyl adjacent to an activating group) is 1. The Kier molecular flexibility index (Phi) is 5.52. The van der Waals surface area contributed by atoms with Gasteiger partial charge in [0.25, 0.3) is 0 Å². The molecule has 1 heterocycles. The molecule has 0 saturated heterocycles. The molecule has 2 rings (SSSR count). The predicted octanol–water partition coefficient (Wildman–Crippen LogP) is 0.902. The third kappa shape index (κ3) is 5.38. The van der Waals surface area contributed by atoms with Crippen molar-refractivity contribution in [3.05, 3.63) is 41.2 Å². The zero-order valence-corrected chi connectivity index (χ0v) is 14.0. The van der Waals surface area contributed by atoms with E-state index >= 15 is 0 Å². The van der Waals surface area contributed by atoms with Crippen LogP contribution in [0.1, 0.15) is 5.69 Å². The highest BCUT2D eigenvalue weighted by atomic mass is 35.5. The Morgan fingerprint density at radius 2 is 2.00 bits per heavy atom. The van der Waals surface area contributed by atoms with Crippen molar-refractivity contribution >= 4 is 21.6 Å². The monoisotopic (exact) mass is 343 g/mol. The number of nitrogens with zero attached hydrogens (tertiary/aromatic N) is 4. The average molecular weight is 344 g/mol. The van der Waals surface area contributed by atoms with Gasteiger partial charge in [0.1, 0.15) is 0 Å². The van der Waals surface area contributed by atoms with E-state index in [4.69, 9.17) is 11.6 Å². The first-order valence-electron chi connectivity index (χ1n) is 6.64. The second-order valence-corrected chi connectivity index (χ2v) is 7.30. The highest BCUT2D eigenvalue weighted by molar-refractivity contribution is 7.88. The minimum atomic E-state index is -3.15. The Bertz CT molecular complexity index is 714. The molecule has 0 atom stereocenters. The van der Waals surface area contributed by atoms with E-state index in [0.29, 0.717) is 24.7 Å². The van der Waals surface area contributed by atoms with E-state index in [1.807, 2.05) is 30.3 Å². The summed E-state index contributed by atoms with van der Waals surface area (Å²) in [7, 11) is -1.25. The van der Waals surface area contributed by atoms with Crippen molar-refractivity contribution in [2.75, 3.05) is 26.4 Å². The van der Waals surface area contributed by atoms with Gasteiger partial charge < -0.3 is 0 Å². The number of nitrogens with one attached hydrogen (secondary N) is 1. The van der Waals surface area contributed by atoms with Crippen LogP contribution in [-0.2, 0) is 16.6 Å². The molecule has 22 heavy (non-hydrogen) atoms. The third-order valence-electron chi connectivity index (χ3n) is 2.92. The molecule has 2 aromatic rings. The van der Waals surface area contributed by atoms with Gasteiger partial charge in [-0.1, -0.05) is 16.8 Å². The SMILES string of the molecule is CN(CCNS(C)(=O)=O)Cc1cn(-c2ccc(Cl)cc2)nn1. The fourth-order valence-electron chi connectivity index (χ4n) is 1.87. The van der Waals surface area contributed by atoms with Crippen molar-refractivity contribution in [1.82, 2.24) is 24.6 Å². The van der Waals surface area contributed by atoms with Gasteiger partial charge >= 0.3 is 0 Å². The van der Waals surface area contributed by atoms with Crippen LogP contribution in [0.5, 0.6) is 0 Å². The molecule has 0 aliphatic rings. The van der Waals surface area contributed by atoms with Crippen LogP contribution in [0.3, 0.4) is 0 Å². The van der Waals surface area contributed by atoms with E-state index in [9.17, 15) is 8.42 Å². The largest absolute Gasteiger partial charge is 0.299 e. The highest BCUT2D eigenvalue weighted by Gasteiger charge is 2.07. The minimum absolute atomic E-state index is 0.362. The molecule has 7 nitrogen and oxygen atoms in total. The summed E-state index contributed by atoms with van der Waals surface area (Å²) < 4.78 is 26.1. The lowest BCUT2D eigenvalue weighted by Crippen LogP contribution is -2.32.